The summed E-state index contributed by atoms with van der Waals surface area (Å²) in [5.74, 6) is 3.10. The number of hydrogen-bond acceptors (Lipinski definition) is 5. The highest BCUT2D eigenvalue weighted by molar-refractivity contribution is 5.63. The van der Waals surface area contributed by atoms with Crippen molar-refractivity contribution in [1.82, 2.24) is 24.9 Å². The third-order valence-corrected chi connectivity index (χ3v) is 3.35. The highest BCUT2D eigenvalue weighted by Gasteiger charge is 2.09. The van der Waals surface area contributed by atoms with Gasteiger partial charge in [0.15, 0.2) is 0 Å². The number of H-pyrrole nitrogens is 1. The molecule has 3 rings (SSSR count). The number of hydrogen-bond donors (Lipinski definition) is 2. The molecular formula is C16H22N6. The number of aromatic nitrogens is 5. The van der Waals surface area contributed by atoms with Crippen molar-refractivity contribution >= 4 is 11.6 Å². The van der Waals surface area contributed by atoms with E-state index in [0.717, 1.165) is 41.0 Å². The van der Waals surface area contributed by atoms with Gasteiger partial charge in [0.25, 0.3) is 0 Å². The maximum Gasteiger partial charge on any atom is 0.139 e. The molecule has 0 bridgehead atoms. The Labute approximate surface area is 132 Å². The average Bonchev–Trinajstić information content (AvgIpc) is 3.00. The fourth-order valence-corrected chi connectivity index (χ4v) is 2.40. The zero-order valence-corrected chi connectivity index (χ0v) is 12.9. The molecule has 0 saturated heterocycles. The lowest BCUT2D eigenvalue weighted by molar-refractivity contribution is 1.01. The Morgan fingerprint density at radius 1 is 1.14 bits per heavy atom. The SMILES string of the molecule is CCc1cc(Nc2cc(C)nc(C)n2)ncc1-c1ncc[nH]1.[HH].[HH]. The van der Waals surface area contributed by atoms with Crippen molar-refractivity contribution in [3.63, 3.8) is 0 Å². The molecule has 0 spiro atoms. The zero-order valence-electron chi connectivity index (χ0n) is 12.9. The second kappa shape index (κ2) is 5.93. The van der Waals surface area contributed by atoms with Crippen LogP contribution in [0.15, 0.2) is 30.7 Å². The van der Waals surface area contributed by atoms with Crippen LogP contribution >= 0.6 is 0 Å². The molecule has 0 amide bonds. The summed E-state index contributed by atoms with van der Waals surface area (Å²) in [5.41, 5.74) is 3.13. The molecule has 116 valence electrons. The minimum absolute atomic E-state index is 0. The summed E-state index contributed by atoms with van der Waals surface area (Å²) in [4.78, 5) is 20.5. The smallest absolute Gasteiger partial charge is 0.139 e. The van der Waals surface area contributed by atoms with Gasteiger partial charge in [0.05, 0.1) is 0 Å². The van der Waals surface area contributed by atoms with Gasteiger partial charge in [-0.05, 0) is 31.9 Å². The van der Waals surface area contributed by atoms with Gasteiger partial charge >= 0.3 is 0 Å². The molecule has 6 nitrogen and oxygen atoms in total. The Kier molecular flexibility index (Phi) is 3.82. The first kappa shape index (κ1) is 14.2. The predicted molar refractivity (Wildman–Crippen MR) is 90.2 cm³/mol. The molecule has 0 fully saturated rings. The molecule has 0 atom stereocenters. The molecule has 0 aliphatic carbocycles. The third-order valence-electron chi connectivity index (χ3n) is 3.35. The Balaban J connectivity index is 0.00000144. The number of nitrogens with zero attached hydrogens (tertiary/aromatic N) is 4. The van der Waals surface area contributed by atoms with E-state index in [1.54, 1.807) is 6.20 Å². The molecule has 0 radical (unpaired) electrons. The van der Waals surface area contributed by atoms with Crippen LogP contribution in [0.1, 0.15) is 26.9 Å². The first-order chi connectivity index (χ1) is 10.7. The number of rotatable bonds is 4. The molecule has 0 saturated carbocycles. The van der Waals surface area contributed by atoms with E-state index in [0.29, 0.717) is 0 Å². The van der Waals surface area contributed by atoms with Gasteiger partial charge in [-0.3, -0.25) is 0 Å². The molecule has 0 aromatic carbocycles. The second-order valence-corrected chi connectivity index (χ2v) is 5.08. The van der Waals surface area contributed by atoms with Crippen LogP contribution in [-0.2, 0) is 6.42 Å². The first-order valence-corrected chi connectivity index (χ1v) is 7.23. The number of aromatic amines is 1. The monoisotopic (exact) mass is 298 g/mol. The van der Waals surface area contributed by atoms with Crippen molar-refractivity contribution in [2.24, 2.45) is 0 Å². The summed E-state index contributed by atoms with van der Waals surface area (Å²) >= 11 is 0. The van der Waals surface area contributed by atoms with E-state index in [-0.39, 0.29) is 2.85 Å². The Hall–Kier alpha value is -2.76. The zero-order chi connectivity index (χ0) is 15.5. The number of nitrogens with one attached hydrogen (secondary N) is 2. The van der Waals surface area contributed by atoms with Crippen LogP contribution in [0.5, 0.6) is 0 Å². The molecule has 22 heavy (non-hydrogen) atoms. The van der Waals surface area contributed by atoms with Gasteiger partial charge in [0.2, 0.25) is 0 Å². The number of pyridine rings is 1. The van der Waals surface area contributed by atoms with E-state index in [1.165, 1.54) is 5.56 Å². The van der Waals surface area contributed by atoms with Crippen LogP contribution in [0, 0.1) is 13.8 Å². The van der Waals surface area contributed by atoms with E-state index in [1.807, 2.05) is 38.4 Å². The minimum Gasteiger partial charge on any atom is -0.345 e. The standard InChI is InChI=1S/C16H18N6.2H2/c1-4-12-8-14(19-9-13(12)16-17-5-6-18-16)22-15-7-10(2)20-11(3)21-15;;/h5-9H,4H2,1-3H3,(H,17,18)(H,19,20,21,22);2*1H. The van der Waals surface area contributed by atoms with Gasteiger partial charge in [0, 0.05) is 38.8 Å². The van der Waals surface area contributed by atoms with Gasteiger partial charge in [-0.15, -0.1) is 0 Å². The highest BCUT2D eigenvalue weighted by Crippen LogP contribution is 2.23. The normalized spacial score (nSPS) is 10.7. The van der Waals surface area contributed by atoms with Crippen LogP contribution in [0.2, 0.25) is 0 Å². The summed E-state index contributed by atoms with van der Waals surface area (Å²) in [6.45, 7) is 5.94. The lowest BCUT2D eigenvalue weighted by Gasteiger charge is -2.10. The van der Waals surface area contributed by atoms with Crippen molar-refractivity contribution in [2.45, 2.75) is 27.2 Å². The fraction of sp³-hybridized carbons (Fsp3) is 0.250. The summed E-state index contributed by atoms with van der Waals surface area (Å²) in [6.07, 6.45) is 6.29. The average molecular weight is 298 g/mol. The van der Waals surface area contributed by atoms with Crippen molar-refractivity contribution < 1.29 is 2.85 Å². The van der Waals surface area contributed by atoms with E-state index in [2.05, 4.69) is 37.2 Å². The summed E-state index contributed by atoms with van der Waals surface area (Å²) in [6, 6.07) is 3.94. The summed E-state index contributed by atoms with van der Waals surface area (Å²) < 4.78 is 0. The maximum absolute atomic E-state index is 4.47. The van der Waals surface area contributed by atoms with Crippen molar-refractivity contribution in [3.05, 3.63) is 47.8 Å². The lowest BCUT2D eigenvalue weighted by atomic mass is 10.1. The van der Waals surface area contributed by atoms with Gasteiger partial charge in [-0.1, -0.05) is 6.92 Å². The number of imidazole rings is 1. The van der Waals surface area contributed by atoms with Crippen LogP contribution in [0.25, 0.3) is 11.4 Å². The number of aryl methyl sites for hydroxylation is 3. The van der Waals surface area contributed by atoms with E-state index >= 15 is 0 Å². The van der Waals surface area contributed by atoms with Crippen molar-refractivity contribution in [2.75, 3.05) is 5.32 Å². The second-order valence-electron chi connectivity index (χ2n) is 5.08. The summed E-state index contributed by atoms with van der Waals surface area (Å²) in [5, 5.41) is 3.24. The molecule has 2 N–H and O–H groups in total. The van der Waals surface area contributed by atoms with Gasteiger partial charge in [-0.25, -0.2) is 19.9 Å². The van der Waals surface area contributed by atoms with Crippen LogP contribution in [0.4, 0.5) is 11.6 Å². The van der Waals surface area contributed by atoms with Gasteiger partial charge in [-0.2, -0.15) is 0 Å². The minimum atomic E-state index is 0. The molecule has 0 aliphatic heterocycles. The van der Waals surface area contributed by atoms with Gasteiger partial charge in [0.1, 0.15) is 23.3 Å². The highest BCUT2D eigenvalue weighted by atomic mass is 15.1. The van der Waals surface area contributed by atoms with Crippen LogP contribution in [0.3, 0.4) is 0 Å². The third kappa shape index (κ3) is 2.95. The molecule has 6 heteroatoms. The van der Waals surface area contributed by atoms with Crippen molar-refractivity contribution in [3.8, 4) is 11.4 Å². The molecule has 3 heterocycles. The molecule has 0 unspecified atom stereocenters. The van der Waals surface area contributed by atoms with Crippen LogP contribution < -0.4 is 5.32 Å². The Morgan fingerprint density at radius 2 is 2.00 bits per heavy atom. The van der Waals surface area contributed by atoms with E-state index < -0.39 is 0 Å². The van der Waals surface area contributed by atoms with E-state index in [4.69, 9.17) is 0 Å². The molecular weight excluding hydrogens is 276 g/mol. The molecule has 3 aromatic heterocycles. The topological polar surface area (TPSA) is 79.4 Å². The first-order valence-electron chi connectivity index (χ1n) is 7.23. The largest absolute Gasteiger partial charge is 0.345 e. The number of anilines is 2. The fourth-order valence-electron chi connectivity index (χ4n) is 2.40. The quantitative estimate of drug-likeness (QED) is 0.768. The molecule has 3 aromatic rings. The van der Waals surface area contributed by atoms with E-state index in [9.17, 15) is 0 Å². The predicted octanol–water partition coefficient (Wildman–Crippen LogP) is 3.68. The van der Waals surface area contributed by atoms with Gasteiger partial charge < -0.3 is 10.3 Å². The Morgan fingerprint density at radius 3 is 2.68 bits per heavy atom. The van der Waals surface area contributed by atoms with Crippen molar-refractivity contribution in [1.29, 1.82) is 0 Å². The Bertz CT molecular complexity index is 769. The maximum atomic E-state index is 4.47. The van der Waals surface area contributed by atoms with Crippen LogP contribution in [-0.4, -0.2) is 24.9 Å². The molecule has 0 aliphatic rings. The summed E-state index contributed by atoms with van der Waals surface area (Å²) in [7, 11) is 0. The lowest BCUT2D eigenvalue weighted by Crippen LogP contribution is -2.01.